The fraction of sp³-hybridized carbons (Fsp3) is 0.0500. The van der Waals surface area contributed by atoms with Crippen molar-refractivity contribution in [3.63, 3.8) is 0 Å². The number of sulfone groups is 1. The molecule has 0 heterocycles. The Morgan fingerprint density at radius 3 is 1.92 bits per heavy atom. The summed E-state index contributed by atoms with van der Waals surface area (Å²) in [7, 11) is -3.88. The van der Waals surface area contributed by atoms with E-state index in [0.717, 1.165) is 11.8 Å². The number of halogens is 1. The van der Waals surface area contributed by atoms with Crippen LogP contribution in [0.4, 0.5) is 0 Å². The fourth-order valence-corrected chi connectivity index (χ4v) is 5.65. The molecule has 132 valence electrons. The molecule has 0 N–H and O–H groups in total. The highest BCUT2D eigenvalue weighted by molar-refractivity contribution is 8.14. The highest BCUT2D eigenvalue weighted by Crippen LogP contribution is 2.33. The Balaban J connectivity index is 2.04. The van der Waals surface area contributed by atoms with Gasteiger partial charge in [-0.1, -0.05) is 71.9 Å². The first-order chi connectivity index (χ1) is 12.5. The highest BCUT2D eigenvalue weighted by atomic mass is 35.5. The van der Waals surface area contributed by atoms with E-state index in [1.54, 1.807) is 72.8 Å². The largest absolute Gasteiger partial charge is 0.292 e. The number of thioether (sulfide) groups is 1. The Kier molecular flexibility index (Phi) is 5.81. The Morgan fingerprint density at radius 1 is 0.808 bits per heavy atom. The van der Waals surface area contributed by atoms with E-state index in [1.807, 2.05) is 0 Å². The maximum Gasteiger partial charge on any atom is 0.198 e. The Hall–Kier alpha value is -2.08. The molecule has 3 aromatic carbocycles. The van der Waals surface area contributed by atoms with E-state index in [4.69, 9.17) is 11.6 Å². The molecule has 3 rings (SSSR count). The minimum atomic E-state index is -3.88. The summed E-state index contributed by atoms with van der Waals surface area (Å²) >= 11 is 6.90. The molecule has 0 fully saturated rings. The Morgan fingerprint density at radius 2 is 1.35 bits per heavy atom. The van der Waals surface area contributed by atoms with E-state index < -0.39 is 20.2 Å². The van der Waals surface area contributed by atoms with Gasteiger partial charge in [0.25, 0.3) is 0 Å². The van der Waals surface area contributed by atoms with E-state index >= 15 is 0 Å². The van der Waals surface area contributed by atoms with Crippen LogP contribution in [0.25, 0.3) is 0 Å². The molecule has 0 bridgehead atoms. The zero-order valence-corrected chi connectivity index (χ0v) is 16.0. The molecule has 0 spiro atoms. The zero-order valence-electron chi connectivity index (χ0n) is 13.6. The molecule has 0 saturated carbocycles. The van der Waals surface area contributed by atoms with Crippen LogP contribution in [-0.4, -0.2) is 18.8 Å². The molecular weight excluding hydrogens is 388 g/mol. The van der Waals surface area contributed by atoms with Crippen LogP contribution in [0.3, 0.4) is 0 Å². The van der Waals surface area contributed by atoms with Crippen LogP contribution >= 0.6 is 23.4 Å². The Labute approximate surface area is 161 Å². The van der Waals surface area contributed by atoms with Gasteiger partial charge in [0.2, 0.25) is 0 Å². The average molecular weight is 403 g/mol. The molecule has 0 aliphatic heterocycles. The number of benzene rings is 3. The number of hydrogen-bond acceptors (Lipinski definition) is 4. The third-order valence-electron chi connectivity index (χ3n) is 3.68. The van der Waals surface area contributed by atoms with Crippen LogP contribution in [-0.2, 0) is 9.84 Å². The number of carbonyl (C=O) groups is 1. The van der Waals surface area contributed by atoms with Gasteiger partial charge in [0, 0.05) is 15.5 Å². The van der Waals surface area contributed by atoms with Gasteiger partial charge >= 0.3 is 0 Å². The van der Waals surface area contributed by atoms with Crippen molar-refractivity contribution < 1.29 is 13.2 Å². The monoisotopic (exact) mass is 402 g/mol. The molecule has 26 heavy (non-hydrogen) atoms. The van der Waals surface area contributed by atoms with Crippen molar-refractivity contribution in [1.29, 1.82) is 0 Å². The van der Waals surface area contributed by atoms with Gasteiger partial charge in [0.1, 0.15) is 0 Å². The number of Topliss-reactive ketones (excluding diaryl/α,β-unsaturated/α-hetero) is 1. The van der Waals surface area contributed by atoms with Crippen molar-refractivity contribution in [2.75, 3.05) is 0 Å². The normalized spacial score (nSPS) is 12.5. The number of carbonyl (C=O) groups excluding carboxylic acids is 1. The molecule has 0 aliphatic carbocycles. The predicted molar refractivity (Wildman–Crippen MR) is 105 cm³/mol. The van der Waals surface area contributed by atoms with E-state index in [9.17, 15) is 13.2 Å². The summed E-state index contributed by atoms with van der Waals surface area (Å²) in [6.45, 7) is 0. The molecular formula is C20H15ClO3S2. The lowest BCUT2D eigenvalue weighted by atomic mass is 10.1. The molecule has 0 aromatic heterocycles. The molecule has 6 heteroatoms. The molecule has 3 nitrogen and oxygen atoms in total. The standard InChI is InChI=1S/C20H15ClO3S2/c21-16-11-13-17(14-12-16)25-20(19(22)15-7-3-1-4-8-15)26(23,24)18-9-5-2-6-10-18/h1-14,20H. The second kappa shape index (κ2) is 8.08. The van der Waals surface area contributed by atoms with Crippen LogP contribution in [0.1, 0.15) is 10.4 Å². The highest BCUT2D eigenvalue weighted by Gasteiger charge is 2.35. The predicted octanol–water partition coefficient (Wildman–Crippen LogP) is 5.12. The van der Waals surface area contributed by atoms with Gasteiger partial charge in [-0.25, -0.2) is 8.42 Å². The molecule has 3 aromatic rings. The summed E-state index contributed by atoms with van der Waals surface area (Å²) in [6, 6.07) is 23.2. The molecule has 0 amide bonds. The summed E-state index contributed by atoms with van der Waals surface area (Å²) in [5.41, 5.74) is 0.360. The second-order valence-corrected chi connectivity index (χ2v) is 9.44. The lowest BCUT2D eigenvalue weighted by Crippen LogP contribution is -2.27. The van der Waals surface area contributed by atoms with Crippen molar-refractivity contribution in [3.8, 4) is 0 Å². The van der Waals surface area contributed by atoms with Gasteiger partial charge in [0.05, 0.1) is 4.90 Å². The van der Waals surface area contributed by atoms with Gasteiger partial charge in [-0.2, -0.15) is 0 Å². The van der Waals surface area contributed by atoms with Crippen molar-refractivity contribution in [3.05, 3.63) is 95.5 Å². The fourth-order valence-electron chi connectivity index (χ4n) is 2.37. The van der Waals surface area contributed by atoms with Crippen molar-refractivity contribution >= 4 is 39.0 Å². The quantitative estimate of drug-likeness (QED) is 0.424. The first kappa shape index (κ1) is 18.7. The van der Waals surface area contributed by atoms with E-state index in [0.29, 0.717) is 15.5 Å². The van der Waals surface area contributed by atoms with Crippen LogP contribution in [0.2, 0.25) is 5.02 Å². The van der Waals surface area contributed by atoms with Gasteiger partial charge < -0.3 is 0 Å². The summed E-state index contributed by atoms with van der Waals surface area (Å²) in [5, 5.41) is 0.547. The third kappa shape index (κ3) is 4.18. The number of rotatable bonds is 6. The average Bonchev–Trinajstić information content (AvgIpc) is 2.68. The zero-order chi connectivity index (χ0) is 18.6. The van der Waals surface area contributed by atoms with Crippen molar-refractivity contribution in [2.45, 2.75) is 14.4 Å². The van der Waals surface area contributed by atoms with Gasteiger partial charge in [0.15, 0.2) is 20.2 Å². The molecule has 1 atom stereocenters. The first-order valence-corrected chi connectivity index (χ1v) is 10.6. The van der Waals surface area contributed by atoms with Crippen molar-refractivity contribution in [2.24, 2.45) is 0 Å². The minimum absolute atomic E-state index is 0.121. The van der Waals surface area contributed by atoms with E-state index in [-0.39, 0.29) is 4.90 Å². The molecule has 0 aliphatic rings. The van der Waals surface area contributed by atoms with Gasteiger partial charge in [-0.3, -0.25) is 4.79 Å². The number of ketones is 1. The van der Waals surface area contributed by atoms with E-state index in [1.165, 1.54) is 12.1 Å². The molecule has 0 radical (unpaired) electrons. The van der Waals surface area contributed by atoms with Crippen LogP contribution in [0, 0.1) is 0 Å². The summed E-state index contributed by atoms with van der Waals surface area (Å²) in [4.78, 5) is 13.8. The van der Waals surface area contributed by atoms with Crippen LogP contribution in [0.5, 0.6) is 0 Å². The summed E-state index contributed by atoms with van der Waals surface area (Å²) in [6.07, 6.45) is 0. The lowest BCUT2D eigenvalue weighted by molar-refractivity contribution is 0.101. The second-order valence-electron chi connectivity index (χ2n) is 5.49. The SMILES string of the molecule is O=C(c1ccccc1)C(Sc1ccc(Cl)cc1)S(=O)(=O)c1ccccc1. The Bertz CT molecular complexity index is 986. The maximum absolute atomic E-state index is 13.2. The van der Waals surface area contributed by atoms with Crippen molar-refractivity contribution in [1.82, 2.24) is 0 Å². The summed E-state index contributed by atoms with van der Waals surface area (Å²) < 4.78 is 25.0. The maximum atomic E-state index is 13.2. The topological polar surface area (TPSA) is 51.2 Å². The molecule has 0 saturated heterocycles. The van der Waals surface area contributed by atoms with Gasteiger partial charge in [-0.15, -0.1) is 0 Å². The van der Waals surface area contributed by atoms with E-state index in [2.05, 4.69) is 0 Å². The summed E-state index contributed by atoms with van der Waals surface area (Å²) in [5.74, 6) is -0.450. The minimum Gasteiger partial charge on any atom is -0.292 e. The van der Waals surface area contributed by atoms with Gasteiger partial charge in [-0.05, 0) is 36.4 Å². The van der Waals surface area contributed by atoms with Crippen LogP contribution < -0.4 is 0 Å². The molecule has 1 unspecified atom stereocenters. The number of hydrogen-bond donors (Lipinski definition) is 0. The van der Waals surface area contributed by atoms with Crippen LogP contribution in [0.15, 0.2) is 94.7 Å². The third-order valence-corrected chi connectivity index (χ3v) is 7.66. The smallest absolute Gasteiger partial charge is 0.198 e. The first-order valence-electron chi connectivity index (χ1n) is 7.79. The lowest BCUT2D eigenvalue weighted by Gasteiger charge is -2.17.